The van der Waals surface area contributed by atoms with E-state index in [-0.39, 0.29) is 23.1 Å². The van der Waals surface area contributed by atoms with Crippen LogP contribution in [0.15, 0.2) is 22.0 Å². The van der Waals surface area contributed by atoms with Gasteiger partial charge in [-0.3, -0.25) is 25.1 Å². The number of amides is 2. The molecule has 0 bridgehead atoms. The van der Waals surface area contributed by atoms with E-state index in [1.807, 2.05) is 25.5 Å². The Kier molecular flexibility index (Phi) is 5.49. The van der Waals surface area contributed by atoms with Gasteiger partial charge in [0.25, 0.3) is 11.8 Å². The van der Waals surface area contributed by atoms with Crippen molar-refractivity contribution >= 4 is 39.1 Å². The van der Waals surface area contributed by atoms with Crippen LogP contribution >= 0.6 is 27.3 Å². The normalized spacial score (nSPS) is 11.6. The number of carbonyl (C=O) groups is 2. The van der Waals surface area contributed by atoms with E-state index in [1.165, 1.54) is 11.3 Å². The van der Waals surface area contributed by atoms with E-state index >= 15 is 0 Å². The highest BCUT2D eigenvalue weighted by atomic mass is 79.9. The van der Waals surface area contributed by atoms with Gasteiger partial charge in [0.05, 0.1) is 14.2 Å². The molecule has 8 heteroatoms. The lowest BCUT2D eigenvalue weighted by Crippen LogP contribution is -2.41. The van der Waals surface area contributed by atoms with Crippen LogP contribution in [0.2, 0.25) is 0 Å². The first-order chi connectivity index (χ1) is 11.1. The van der Waals surface area contributed by atoms with E-state index in [1.54, 1.807) is 18.2 Å². The summed E-state index contributed by atoms with van der Waals surface area (Å²) < 4.78 is 2.70. The van der Waals surface area contributed by atoms with E-state index < -0.39 is 5.91 Å². The van der Waals surface area contributed by atoms with Crippen LogP contribution in [0.4, 0.5) is 0 Å². The van der Waals surface area contributed by atoms with Crippen LogP contribution in [0.25, 0.3) is 0 Å². The van der Waals surface area contributed by atoms with Crippen molar-refractivity contribution < 1.29 is 9.59 Å². The summed E-state index contributed by atoms with van der Waals surface area (Å²) in [6, 6.07) is 5.22. The number of thiophene rings is 1. The van der Waals surface area contributed by atoms with Gasteiger partial charge in [-0.15, -0.1) is 11.3 Å². The maximum atomic E-state index is 12.3. The number of nitrogens with zero attached hydrogens (tertiary/aromatic N) is 2. The lowest BCUT2D eigenvalue weighted by Gasteiger charge is -2.23. The van der Waals surface area contributed by atoms with Crippen molar-refractivity contribution in [2.24, 2.45) is 0 Å². The van der Waals surface area contributed by atoms with Gasteiger partial charge in [-0.05, 0) is 60.8 Å². The summed E-state index contributed by atoms with van der Waals surface area (Å²) in [7, 11) is 0. The third-order valence-corrected chi connectivity index (χ3v) is 4.91. The molecule has 2 aromatic heterocycles. The fraction of sp³-hybridized carbons (Fsp3) is 0.438. The first-order valence-corrected chi connectivity index (χ1v) is 9.17. The molecular formula is C16H21BrN4O2S. The van der Waals surface area contributed by atoms with Crippen molar-refractivity contribution in [3.05, 3.63) is 38.3 Å². The summed E-state index contributed by atoms with van der Waals surface area (Å²) in [6.07, 6.45) is 0. The topological polar surface area (TPSA) is 76.0 Å². The Morgan fingerprint density at radius 1 is 1.21 bits per heavy atom. The van der Waals surface area contributed by atoms with Crippen molar-refractivity contribution in [2.75, 3.05) is 0 Å². The number of nitrogens with one attached hydrogen (secondary N) is 2. The standard InChI is InChI=1S/C16H21BrN4O2S/c1-9(2)11-8-10(20-21(11)16(3,4)5)14(22)18-19-15(23)12-6-7-13(17)24-12/h6-9H,1-5H3,(H,18,22)(H,19,23). The van der Waals surface area contributed by atoms with Gasteiger partial charge in [0.2, 0.25) is 0 Å². The second-order valence-electron chi connectivity index (χ2n) is 6.70. The molecule has 130 valence electrons. The molecular weight excluding hydrogens is 392 g/mol. The number of hydrogen-bond acceptors (Lipinski definition) is 4. The van der Waals surface area contributed by atoms with Crippen molar-refractivity contribution in [1.29, 1.82) is 0 Å². The molecule has 0 spiro atoms. The zero-order valence-corrected chi connectivity index (χ0v) is 16.7. The molecule has 2 N–H and O–H groups in total. The molecule has 0 saturated heterocycles. The number of hydrogen-bond donors (Lipinski definition) is 2. The SMILES string of the molecule is CC(C)c1cc(C(=O)NNC(=O)c2ccc(Br)s2)nn1C(C)(C)C. The van der Waals surface area contributed by atoms with Gasteiger partial charge in [0.15, 0.2) is 5.69 Å². The van der Waals surface area contributed by atoms with Gasteiger partial charge in [-0.2, -0.15) is 5.10 Å². The number of rotatable bonds is 3. The number of aromatic nitrogens is 2. The van der Waals surface area contributed by atoms with Crippen LogP contribution in [-0.2, 0) is 5.54 Å². The Morgan fingerprint density at radius 2 is 1.83 bits per heavy atom. The fourth-order valence-electron chi connectivity index (χ4n) is 2.13. The Labute approximate surface area is 153 Å². The molecule has 0 saturated carbocycles. The second kappa shape index (κ2) is 7.06. The van der Waals surface area contributed by atoms with Crippen LogP contribution in [0, 0.1) is 0 Å². The van der Waals surface area contributed by atoms with Crippen LogP contribution in [0.1, 0.15) is 66.4 Å². The van der Waals surface area contributed by atoms with Crippen LogP contribution in [0.5, 0.6) is 0 Å². The smallest absolute Gasteiger partial charge is 0.266 e. The maximum Gasteiger partial charge on any atom is 0.290 e. The Bertz CT molecular complexity index is 758. The summed E-state index contributed by atoms with van der Waals surface area (Å²) in [5, 5.41) is 4.41. The van der Waals surface area contributed by atoms with Gasteiger partial charge in [-0.25, -0.2) is 0 Å². The van der Waals surface area contributed by atoms with Crippen LogP contribution < -0.4 is 10.9 Å². The molecule has 0 aliphatic carbocycles. The highest BCUT2D eigenvalue weighted by Gasteiger charge is 2.23. The van der Waals surface area contributed by atoms with Gasteiger partial charge >= 0.3 is 0 Å². The fourth-order valence-corrected chi connectivity index (χ4v) is 3.41. The molecule has 0 aromatic carbocycles. The van der Waals surface area contributed by atoms with Crippen molar-refractivity contribution in [3.8, 4) is 0 Å². The maximum absolute atomic E-state index is 12.3. The Hall–Kier alpha value is -1.67. The van der Waals surface area contributed by atoms with Gasteiger partial charge in [0, 0.05) is 5.69 Å². The molecule has 2 amide bonds. The predicted molar refractivity (Wildman–Crippen MR) is 98.3 cm³/mol. The van der Waals surface area contributed by atoms with Gasteiger partial charge in [-0.1, -0.05) is 13.8 Å². The Balaban J connectivity index is 2.11. The Morgan fingerprint density at radius 3 is 2.29 bits per heavy atom. The summed E-state index contributed by atoms with van der Waals surface area (Å²) in [6.45, 7) is 10.2. The minimum absolute atomic E-state index is 0.232. The summed E-state index contributed by atoms with van der Waals surface area (Å²) in [4.78, 5) is 24.8. The lowest BCUT2D eigenvalue weighted by atomic mass is 10.1. The van der Waals surface area contributed by atoms with Crippen LogP contribution in [0.3, 0.4) is 0 Å². The number of carbonyl (C=O) groups excluding carboxylic acids is 2. The average Bonchev–Trinajstić information content (AvgIpc) is 3.10. The molecule has 2 heterocycles. The second-order valence-corrected chi connectivity index (χ2v) is 9.17. The largest absolute Gasteiger partial charge is 0.290 e. The molecule has 0 aliphatic heterocycles. The van der Waals surface area contributed by atoms with E-state index in [4.69, 9.17) is 0 Å². The molecule has 2 rings (SSSR count). The minimum Gasteiger partial charge on any atom is -0.266 e. The quantitative estimate of drug-likeness (QED) is 0.755. The van der Waals surface area contributed by atoms with Gasteiger partial charge < -0.3 is 0 Å². The van der Waals surface area contributed by atoms with Crippen molar-refractivity contribution in [1.82, 2.24) is 20.6 Å². The molecule has 0 aliphatic rings. The molecule has 24 heavy (non-hydrogen) atoms. The van der Waals surface area contributed by atoms with E-state index in [2.05, 4.69) is 45.7 Å². The highest BCUT2D eigenvalue weighted by molar-refractivity contribution is 9.11. The number of hydrazine groups is 1. The monoisotopic (exact) mass is 412 g/mol. The van der Waals surface area contributed by atoms with Gasteiger partial charge in [0.1, 0.15) is 0 Å². The lowest BCUT2D eigenvalue weighted by molar-refractivity contribution is 0.0845. The van der Waals surface area contributed by atoms with E-state index in [9.17, 15) is 9.59 Å². The average molecular weight is 413 g/mol. The first kappa shape index (κ1) is 18.7. The summed E-state index contributed by atoms with van der Waals surface area (Å²) >= 11 is 4.59. The molecule has 6 nitrogen and oxygen atoms in total. The molecule has 0 fully saturated rings. The third-order valence-electron chi connectivity index (χ3n) is 3.28. The molecule has 0 unspecified atom stereocenters. The van der Waals surface area contributed by atoms with Crippen LogP contribution in [-0.4, -0.2) is 21.6 Å². The predicted octanol–water partition coefficient (Wildman–Crippen LogP) is 3.66. The van der Waals surface area contributed by atoms with Crippen molar-refractivity contribution in [2.45, 2.75) is 46.1 Å². The zero-order valence-electron chi connectivity index (χ0n) is 14.3. The summed E-state index contributed by atoms with van der Waals surface area (Å²) in [5.74, 6) is -0.571. The molecule has 2 aromatic rings. The zero-order chi connectivity index (χ0) is 18.1. The van der Waals surface area contributed by atoms with E-state index in [0.29, 0.717) is 4.88 Å². The third kappa shape index (κ3) is 4.24. The minimum atomic E-state index is -0.441. The number of halogens is 1. The van der Waals surface area contributed by atoms with Crippen molar-refractivity contribution in [3.63, 3.8) is 0 Å². The first-order valence-electron chi connectivity index (χ1n) is 7.56. The molecule has 0 radical (unpaired) electrons. The van der Waals surface area contributed by atoms with E-state index in [0.717, 1.165) is 9.48 Å². The molecule has 0 atom stereocenters. The highest BCUT2D eigenvalue weighted by Crippen LogP contribution is 2.24. The summed E-state index contributed by atoms with van der Waals surface area (Å²) in [5.41, 5.74) is 5.84.